The zero-order valence-corrected chi connectivity index (χ0v) is 18.3. The van der Waals surface area contributed by atoms with E-state index in [0.29, 0.717) is 11.8 Å². The Bertz CT molecular complexity index is 833. The summed E-state index contributed by atoms with van der Waals surface area (Å²) < 4.78 is 0. The third-order valence-electron chi connectivity index (χ3n) is 7.29. The number of benzene rings is 1. The van der Waals surface area contributed by atoms with E-state index in [2.05, 4.69) is 19.2 Å². The number of hydrogen-bond donors (Lipinski definition) is 1. The number of imide groups is 1. The van der Waals surface area contributed by atoms with Crippen molar-refractivity contribution in [1.29, 1.82) is 0 Å². The molecule has 0 radical (unpaired) electrons. The summed E-state index contributed by atoms with van der Waals surface area (Å²) in [6.45, 7) is 6.51. The van der Waals surface area contributed by atoms with Crippen LogP contribution in [0.2, 0.25) is 0 Å². The van der Waals surface area contributed by atoms with Gasteiger partial charge in [0.2, 0.25) is 5.91 Å². The first-order valence-electron chi connectivity index (χ1n) is 11.4. The highest BCUT2D eigenvalue weighted by Crippen LogP contribution is 2.36. The van der Waals surface area contributed by atoms with E-state index in [9.17, 15) is 14.4 Å². The molecule has 1 N–H and O–H groups in total. The summed E-state index contributed by atoms with van der Waals surface area (Å²) in [7, 11) is 0. The summed E-state index contributed by atoms with van der Waals surface area (Å²) in [6, 6.07) is 7.58. The van der Waals surface area contributed by atoms with Crippen molar-refractivity contribution in [1.82, 2.24) is 15.1 Å². The van der Waals surface area contributed by atoms with Gasteiger partial charge in [-0.3, -0.25) is 14.5 Å². The van der Waals surface area contributed by atoms with Crippen LogP contribution in [0.3, 0.4) is 0 Å². The lowest BCUT2D eigenvalue weighted by molar-refractivity contribution is -0.142. The first kappa shape index (κ1) is 20.9. The van der Waals surface area contributed by atoms with E-state index in [-0.39, 0.29) is 24.4 Å². The van der Waals surface area contributed by atoms with Crippen molar-refractivity contribution < 1.29 is 14.4 Å². The maximum absolute atomic E-state index is 13.2. The number of rotatable bonds is 4. The Morgan fingerprint density at radius 2 is 1.77 bits per heavy atom. The van der Waals surface area contributed by atoms with E-state index in [1.54, 1.807) is 6.92 Å². The molecule has 3 atom stereocenters. The van der Waals surface area contributed by atoms with Gasteiger partial charge < -0.3 is 10.2 Å². The molecule has 0 aromatic heterocycles. The molecular weight excluding hydrogens is 378 g/mol. The van der Waals surface area contributed by atoms with E-state index < -0.39 is 11.6 Å². The van der Waals surface area contributed by atoms with Gasteiger partial charge >= 0.3 is 6.03 Å². The Morgan fingerprint density at radius 3 is 2.47 bits per heavy atom. The highest BCUT2D eigenvalue weighted by Gasteiger charge is 2.50. The number of nitrogens with one attached hydrogen (secondary N) is 1. The molecule has 0 bridgehead atoms. The predicted molar refractivity (Wildman–Crippen MR) is 115 cm³/mol. The molecule has 162 valence electrons. The SMILES string of the molecule is CC(C)c1ccc([C@]2(C)NC(=O)N(CC(=O)N3CCC[C@H]4CCCC[C@@H]43)C2=O)cc1. The van der Waals surface area contributed by atoms with Crippen molar-refractivity contribution in [2.75, 3.05) is 13.1 Å². The third kappa shape index (κ3) is 3.61. The van der Waals surface area contributed by atoms with Crippen LogP contribution < -0.4 is 5.32 Å². The Morgan fingerprint density at radius 1 is 1.10 bits per heavy atom. The van der Waals surface area contributed by atoms with Crippen LogP contribution in [-0.4, -0.2) is 46.8 Å². The monoisotopic (exact) mass is 411 g/mol. The number of likely N-dealkylation sites (tertiary alicyclic amines) is 1. The van der Waals surface area contributed by atoms with Gasteiger partial charge in [0.25, 0.3) is 5.91 Å². The highest BCUT2D eigenvalue weighted by molar-refractivity contribution is 6.09. The van der Waals surface area contributed by atoms with Crippen molar-refractivity contribution in [2.45, 2.75) is 76.8 Å². The smallest absolute Gasteiger partial charge is 0.325 e. The summed E-state index contributed by atoms with van der Waals surface area (Å²) in [5.41, 5.74) is 0.783. The van der Waals surface area contributed by atoms with Gasteiger partial charge in [-0.15, -0.1) is 0 Å². The maximum atomic E-state index is 13.2. The molecule has 1 aromatic rings. The number of fused-ring (bicyclic) bond motifs is 1. The normalized spacial score (nSPS) is 29.2. The average molecular weight is 412 g/mol. The van der Waals surface area contributed by atoms with Crippen LogP contribution in [0.15, 0.2) is 24.3 Å². The molecule has 1 aliphatic carbocycles. The largest absolute Gasteiger partial charge is 0.338 e. The molecular formula is C24H33N3O3. The number of hydrogen-bond acceptors (Lipinski definition) is 3. The van der Waals surface area contributed by atoms with Crippen LogP contribution in [-0.2, 0) is 15.1 Å². The summed E-state index contributed by atoms with van der Waals surface area (Å²) in [5, 5.41) is 2.83. The second-order valence-corrected chi connectivity index (χ2v) is 9.56. The molecule has 4 amide bonds. The fraction of sp³-hybridized carbons (Fsp3) is 0.625. The molecule has 2 saturated heterocycles. The zero-order valence-electron chi connectivity index (χ0n) is 18.3. The average Bonchev–Trinajstić information content (AvgIpc) is 2.97. The topological polar surface area (TPSA) is 69.7 Å². The van der Waals surface area contributed by atoms with Crippen LogP contribution in [0, 0.1) is 5.92 Å². The maximum Gasteiger partial charge on any atom is 0.325 e. The Hall–Kier alpha value is -2.37. The van der Waals surface area contributed by atoms with Crippen molar-refractivity contribution in [3.05, 3.63) is 35.4 Å². The zero-order chi connectivity index (χ0) is 21.5. The van der Waals surface area contributed by atoms with Crippen molar-refractivity contribution in [3.8, 4) is 0 Å². The van der Waals surface area contributed by atoms with Crippen LogP contribution in [0.5, 0.6) is 0 Å². The molecule has 6 heteroatoms. The number of urea groups is 1. The van der Waals surface area contributed by atoms with Crippen LogP contribution >= 0.6 is 0 Å². The van der Waals surface area contributed by atoms with E-state index in [1.165, 1.54) is 24.8 Å². The summed E-state index contributed by atoms with van der Waals surface area (Å²) in [6.07, 6.45) is 6.80. The first-order chi connectivity index (χ1) is 14.3. The fourth-order valence-electron chi connectivity index (χ4n) is 5.40. The number of amides is 4. The standard InChI is InChI=1S/C24H33N3O3/c1-16(2)17-10-12-19(13-11-17)24(3)22(29)27(23(30)25-24)15-21(28)26-14-6-8-18-7-4-5-9-20(18)26/h10-13,16,18,20H,4-9,14-15H2,1-3H3,(H,25,30)/t18-,20+,24+/m1/s1. The molecule has 3 aliphatic rings. The van der Waals surface area contributed by atoms with Gasteiger partial charge in [-0.1, -0.05) is 51.0 Å². The number of nitrogens with zero attached hydrogens (tertiary/aromatic N) is 2. The van der Waals surface area contributed by atoms with Gasteiger partial charge in [0.15, 0.2) is 0 Å². The van der Waals surface area contributed by atoms with Crippen molar-refractivity contribution in [3.63, 3.8) is 0 Å². The van der Waals surface area contributed by atoms with Crippen molar-refractivity contribution in [2.24, 2.45) is 5.92 Å². The van der Waals surface area contributed by atoms with Crippen LogP contribution in [0.25, 0.3) is 0 Å². The molecule has 3 fully saturated rings. The highest BCUT2D eigenvalue weighted by atomic mass is 16.2. The summed E-state index contributed by atoms with van der Waals surface area (Å²) >= 11 is 0. The van der Waals surface area contributed by atoms with Gasteiger partial charge in [0, 0.05) is 12.6 Å². The lowest BCUT2D eigenvalue weighted by Gasteiger charge is -2.44. The van der Waals surface area contributed by atoms with Crippen molar-refractivity contribution >= 4 is 17.8 Å². The minimum absolute atomic E-state index is 0.102. The molecule has 2 aliphatic heterocycles. The van der Waals surface area contributed by atoms with Gasteiger partial charge in [-0.25, -0.2) is 4.79 Å². The number of carbonyl (C=O) groups excluding carboxylic acids is 3. The van der Waals surface area contributed by atoms with Gasteiger partial charge in [0.1, 0.15) is 12.1 Å². The van der Waals surface area contributed by atoms with Crippen LogP contribution in [0.1, 0.15) is 76.3 Å². The predicted octanol–water partition coefficient (Wildman–Crippen LogP) is 3.76. The van der Waals surface area contributed by atoms with Gasteiger partial charge in [-0.2, -0.15) is 0 Å². The Kier molecular flexibility index (Phi) is 5.60. The van der Waals surface area contributed by atoms with Gasteiger partial charge in [0.05, 0.1) is 0 Å². The minimum atomic E-state index is -1.14. The van der Waals surface area contributed by atoms with Crippen LogP contribution in [0.4, 0.5) is 4.79 Å². The van der Waals surface area contributed by atoms with E-state index >= 15 is 0 Å². The number of carbonyl (C=O) groups is 3. The summed E-state index contributed by atoms with van der Waals surface area (Å²) in [5.74, 6) is 0.511. The minimum Gasteiger partial charge on any atom is -0.338 e. The Labute approximate surface area is 179 Å². The third-order valence-corrected chi connectivity index (χ3v) is 7.29. The molecule has 6 nitrogen and oxygen atoms in total. The fourth-order valence-corrected chi connectivity index (χ4v) is 5.40. The summed E-state index contributed by atoms with van der Waals surface area (Å²) in [4.78, 5) is 42.1. The first-order valence-corrected chi connectivity index (χ1v) is 11.4. The van der Waals surface area contributed by atoms with E-state index in [0.717, 1.165) is 36.3 Å². The van der Waals surface area contributed by atoms with E-state index in [1.807, 2.05) is 29.2 Å². The van der Waals surface area contributed by atoms with Gasteiger partial charge in [-0.05, 0) is 55.6 Å². The lowest BCUT2D eigenvalue weighted by Crippen LogP contribution is -2.53. The quantitative estimate of drug-likeness (QED) is 0.767. The molecule has 0 spiro atoms. The Balaban J connectivity index is 1.49. The molecule has 4 rings (SSSR count). The van der Waals surface area contributed by atoms with E-state index in [4.69, 9.17) is 0 Å². The molecule has 0 unspecified atom stereocenters. The second-order valence-electron chi connectivity index (χ2n) is 9.56. The molecule has 1 aromatic carbocycles. The molecule has 30 heavy (non-hydrogen) atoms. The lowest BCUT2D eigenvalue weighted by atomic mass is 9.78. The second kappa shape index (κ2) is 8.05. The number of piperidine rings is 1. The molecule has 2 heterocycles. The molecule has 1 saturated carbocycles.